The van der Waals surface area contributed by atoms with Crippen molar-refractivity contribution < 1.29 is 9.32 Å². The first kappa shape index (κ1) is 19.2. The van der Waals surface area contributed by atoms with Crippen LogP contribution >= 0.6 is 11.3 Å². The lowest BCUT2D eigenvalue weighted by Crippen LogP contribution is -2.37. The number of aromatic nitrogens is 2. The van der Waals surface area contributed by atoms with E-state index < -0.39 is 0 Å². The van der Waals surface area contributed by atoms with E-state index in [-0.39, 0.29) is 5.91 Å². The van der Waals surface area contributed by atoms with Gasteiger partial charge in [0.1, 0.15) is 5.52 Å². The third-order valence-corrected chi connectivity index (χ3v) is 7.40. The van der Waals surface area contributed by atoms with E-state index in [2.05, 4.69) is 23.4 Å². The summed E-state index contributed by atoms with van der Waals surface area (Å²) in [5, 5.41) is 6.22. The highest BCUT2D eigenvalue weighted by Crippen LogP contribution is 2.35. The number of thiazole rings is 1. The van der Waals surface area contributed by atoms with Crippen LogP contribution in [0.4, 0.5) is 0 Å². The van der Waals surface area contributed by atoms with Gasteiger partial charge in [0.15, 0.2) is 5.76 Å². The molecule has 5 aromatic rings. The molecule has 3 aromatic carbocycles. The fourth-order valence-corrected chi connectivity index (χ4v) is 5.59. The van der Waals surface area contributed by atoms with Crippen molar-refractivity contribution in [1.82, 2.24) is 15.0 Å². The van der Waals surface area contributed by atoms with Gasteiger partial charge in [-0.3, -0.25) is 4.79 Å². The van der Waals surface area contributed by atoms with Crippen LogP contribution in [0.2, 0.25) is 0 Å². The molecule has 0 radical (unpaired) electrons. The SMILES string of the molecule is O=C(c1ccc2noc(-c3ccccc3)c2c1)N1CCC(c2nc3ccccc3s2)CC1. The molecule has 0 bridgehead atoms. The molecule has 0 saturated carbocycles. The second-order valence-corrected chi connectivity index (χ2v) is 9.26. The molecule has 1 amide bonds. The van der Waals surface area contributed by atoms with Crippen molar-refractivity contribution in [3.8, 4) is 11.3 Å². The van der Waals surface area contributed by atoms with Crippen LogP contribution in [-0.2, 0) is 0 Å². The Hall–Kier alpha value is -3.51. The zero-order valence-corrected chi connectivity index (χ0v) is 18.2. The van der Waals surface area contributed by atoms with Gasteiger partial charge in [-0.25, -0.2) is 4.98 Å². The van der Waals surface area contributed by atoms with Crippen LogP contribution in [0.15, 0.2) is 77.3 Å². The van der Waals surface area contributed by atoms with E-state index in [1.54, 1.807) is 11.3 Å². The normalized spacial score (nSPS) is 14.9. The maximum Gasteiger partial charge on any atom is 0.253 e. The molecule has 1 saturated heterocycles. The Balaban J connectivity index is 1.21. The molecule has 1 aliphatic heterocycles. The summed E-state index contributed by atoms with van der Waals surface area (Å²) in [6, 6.07) is 23.8. The molecular weight excluding hydrogens is 418 g/mol. The van der Waals surface area contributed by atoms with Crippen LogP contribution in [0.25, 0.3) is 32.4 Å². The van der Waals surface area contributed by atoms with Gasteiger partial charge < -0.3 is 9.42 Å². The number of hydrogen-bond donors (Lipinski definition) is 0. The highest BCUT2D eigenvalue weighted by Gasteiger charge is 2.27. The third-order valence-electron chi connectivity index (χ3n) is 6.20. The minimum absolute atomic E-state index is 0.0647. The fourth-order valence-electron chi connectivity index (χ4n) is 4.45. The first-order chi connectivity index (χ1) is 15.8. The number of benzene rings is 3. The van der Waals surface area contributed by atoms with Gasteiger partial charge in [-0.1, -0.05) is 47.6 Å². The van der Waals surface area contributed by atoms with E-state index in [1.165, 1.54) is 9.71 Å². The van der Waals surface area contributed by atoms with Crippen molar-refractivity contribution >= 4 is 38.4 Å². The van der Waals surface area contributed by atoms with Gasteiger partial charge in [0.25, 0.3) is 5.91 Å². The molecule has 1 aliphatic rings. The second-order valence-electron chi connectivity index (χ2n) is 8.20. The average molecular weight is 440 g/mol. The molecule has 2 aromatic heterocycles. The quantitative estimate of drug-likeness (QED) is 0.340. The summed E-state index contributed by atoms with van der Waals surface area (Å²) in [6.07, 6.45) is 1.88. The van der Waals surface area contributed by atoms with Crippen LogP contribution in [0.3, 0.4) is 0 Å². The van der Waals surface area contributed by atoms with Gasteiger partial charge >= 0.3 is 0 Å². The van der Waals surface area contributed by atoms with E-state index in [0.717, 1.165) is 47.9 Å². The van der Waals surface area contributed by atoms with E-state index in [9.17, 15) is 4.79 Å². The molecule has 0 spiro atoms. The number of likely N-dealkylation sites (tertiary alicyclic amines) is 1. The molecule has 0 atom stereocenters. The lowest BCUT2D eigenvalue weighted by Gasteiger charge is -2.31. The smallest absolute Gasteiger partial charge is 0.253 e. The van der Waals surface area contributed by atoms with Crippen LogP contribution in [-0.4, -0.2) is 34.0 Å². The predicted octanol–water partition coefficient (Wildman–Crippen LogP) is 6.12. The second kappa shape index (κ2) is 7.88. The van der Waals surface area contributed by atoms with E-state index in [0.29, 0.717) is 17.2 Å². The Bertz CT molecular complexity index is 1380. The maximum absolute atomic E-state index is 13.3. The number of hydrogen-bond acceptors (Lipinski definition) is 5. The molecule has 3 heterocycles. The maximum atomic E-state index is 13.3. The van der Waals surface area contributed by atoms with Crippen molar-refractivity contribution in [2.24, 2.45) is 0 Å². The minimum atomic E-state index is 0.0647. The number of fused-ring (bicyclic) bond motifs is 2. The summed E-state index contributed by atoms with van der Waals surface area (Å²) < 4.78 is 6.82. The van der Waals surface area contributed by atoms with Crippen molar-refractivity contribution in [2.75, 3.05) is 13.1 Å². The zero-order chi connectivity index (χ0) is 21.5. The number of amides is 1. The van der Waals surface area contributed by atoms with Gasteiger partial charge in [0.2, 0.25) is 0 Å². The molecule has 6 rings (SSSR count). The van der Waals surface area contributed by atoms with Gasteiger partial charge in [-0.15, -0.1) is 11.3 Å². The largest absolute Gasteiger partial charge is 0.355 e. The number of para-hydroxylation sites is 1. The minimum Gasteiger partial charge on any atom is -0.355 e. The number of piperidine rings is 1. The van der Waals surface area contributed by atoms with Crippen LogP contribution < -0.4 is 0 Å². The third kappa shape index (κ3) is 3.37. The molecule has 5 nitrogen and oxygen atoms in total. The Morgan fingerprint density at radius 2 is 1.72 bits per heavy atom. The molecule has 0 aliphatic carbocycles. The van der Waals surface area contributed by atoms with Gasteiger partial charge in [-0.2, -0.15) is 0 Å². The van der Waals surface area contributed by atoms with Gasteiger partial charge in [-0.05, 0) is 43.2 Å². The van der Waals surface area contributed by atoms with Crippen molar-refractivity contribution in [2.45, 2.75) is 18.8 Å². The van der Waals surface area contributed by atoms with Crippen molar-refractivity contribution in [3.05, 3.63) is 83.4 Å². The number of rotatable bonds is 3. The summed E-state index contributed by atoms with van der Waals surface area (Å²) in [7, 11) is 0. The summed E-state index contributed by atoms with van der Waals surface area (Å²) in [4.78, 5) is 20.0. The number of carbonyl (C=O) groups excluding carboxylic acids is 1. The fraction of sp³-hybridized carbons (Fsp3) is 0.192. The molecule has 6 heteroatoms. The predicted molar refractivity (Wildman–Crippen MR) is 127 cm³/mol. The Morgan fingerprint density at radius 3 is 2.53 bits per heavy atom. The molecule has 0 unspecified atom stereocenters. The molecule has 158 valence electrons. The summed E-state index contributed by atoms with van der Waals surface area (Å²) in [5.41, 5.74) is 3.46. The molecule has 1 fully saturated rings. The summed E-state index contributed by atoms with van der Waals surface area (Å²) in [6.45, 7) is 1.49. The summed E-state index contributed by atoms with van der Waals surface area (Å²) in [5.74, 6) is 1.18. The van der Waals surface area contributed by atoms with E-state index >= 15 is 0 Å². The average Bonchev–Trinajstić information content (AvgIpc) is 3.48. The lowest BCUT2D eigenvalue weighted by molar-refractivity contribution is 0.0713. The Labute approximate surface area is 189 Å². The molecular formula is C26H21N3O2S. The van der Waals surface area contributed by atoms with Crippen LogP contribution in [0.5, 0.6) is 0 Å². The monoisotopic (exact) mass is 439 g/mol. The van der Waals surface area contributed by atoms with Crippen molar-refractivity contribution in [1.29, 1.82) is 0 Å². The molecule has 0 N–H and O–H groups in total. The summed E-state index contributed by atoms with van der Waals surface area (Å²) >= 11 is 1.78. The highest BCUT2D eigenvalue weighted by molar-refractivity contribution is 7.18. The van der Waals surface area contributed by atoms with Crippen molar-refractivity contribution in [3.63, 3.8) is 0 Å². The number of carbonyl (C=O) groups is 1. The highest BCUT2D eigenvalue weighted by atomic mass is 32.1. The zero-order valence-electron chi connectivity index (χ0n) is 17.4. The molecule has 32 heavy (non-hydrogen) atoms. The van der Waals surface area contributed by atoms with Gasteiger partial charge in [0.05, 0.1) is 20.6 Å². The topological polar surface area (TPSA) is 59.2 Å². The standard InChI is InChI=1S/C26H21N3O2S/c30-26(19-10-11-21-20(16-19)24(31-28-21)17-6-2-1-3-7-17)29-14-12-18(13-15-29)25-27-22-8-4-5-9-23(22)32-25/h1-11,16,18H,12-15H2. The van der Waals surface area contributed by atoms with Gasteiger partial charge in [0, 0.05) is 30.1 Å². The van der Waals surface area contributed by atoms with E-state index in [4.69, 9.17) is 9.51 Å². The lowest BCUT2D eigenvalue weighted by atomic mass is 9.96. The van der Waals surface area contributed by atoms with E-state index in [1.807, 2.05) is 59.5 Å². The first-order valence-corrected chi connectivity index (χ1v) is 11.7. The van der Waals surface area contributed by atoms with Crippen LogP contribution in [0, 0.1) is 0 Å². The van der Waals surface area contributed by atoms with Crippen LogP contribution in [0.1, 0.15) is 34.1 Å². The first-order valence-electron chi connectivity index (χ1n) is 10.9. The Morgan fingerprint density at radius 1 is 0.938 bits per heavy atom. The number of nitrogens with zero attached hydrogens (tertiary/aromatic N) is 3. The Kier molecular flexibility index (Phi) is 4.72.